The van der Waals surface area contributed by atoms with Crippen LogP contribution in [-0.4, -0.2) is 36.4 Å². The minimum Gasteiger partial charge on any atom is -0.395 e. The summed E-state index contributed by atoms with van der Waals surface area (Å²) in [7, 11) is 3.44. The molecule has 0 aromatic rings. The van der Waals surface area contributed by atoms with E-state index < -0.39 is 0 Å². The van der Waals surface area contributed by atoms with Gasteiger partial charge in [0.1, 0.15) is 0 Å². The molecule has 1 N–H and O–H groups in total. The highest BCUT2D eigenvalue weighted by molar-refractivity contribution is 8.76. The zero-order chi connectivity index (χ0) is 7.66. The molecular weight excluding hydrogens is 168 g/mol. The molecule has 10 heavy (non-hydrogen) atoms. The molecule has 62 valence electrons. The largest absolute Gasteiger partial charge is 0.395 e. The van der Waals surface area contributed by atoms with Gasteiger partial charge in [0.2, 0.25) is 0 Å². The lowest BCUT2D eigenvalue weighted by molar-refractivity contribution is 0.165. The second-order valence-electron chi connectivity index (χ2n) is 1.56. The topological polar surface area (TPSA) is 29.5 Å². The number of aliphatic hydroxyl groups excluding tert-OH is 1. The fourth-order valence-electron chi connectivity index (χ4n) is 0.392. The van der Waals surface area contributed by atoms with Crippen LogP contribution in [0, 0.1) is 0 Å². The van der Waals surface area contributed by atoms with E-state index >= 15 is 0 Å². The molecule has 0 aromatic heterocycles. The monoisotopic (exact) mass is 182 g/mol. The Balaban J connectivity index is 2.65. The second-order valence-corrected chi connectivity index (χ2v) is 4.27. The Hall–Kier alpha value is 0.620. The molecule has 0 aliphatic heterocycles. The number of hydrogen-bond acceptors (Lipinski definition) is 4. The van der Waals surface area contributed by atoms with E-state index in [9.17, 15) is 0 Å². The summed E-state index contributed by atoms with van der Waals surface area (Å²) in [5.74, 6) is 1.83. The Morgan fingerprint density at radius 1 is 1.30 bits per heavy atom. The van der Waals surface area contributed by atoms with Gasteiger partial charge in [-0.05, 0) is 6.92 Å². The minimum atomic E-state index is 0.270. The van der Waals surface area contributed by atoms with Crippen LogP contribution in [0.3, 0.4) is 0 Å². The van der Waals surface area contributed by atoms with Gasteiger partial charge in [-0.15, -0.1) is 0 Å². The van der Waals surface area contributed by atoms with Gasteiger partial charge in [0, 0.05) is 18.1 Å². The molecule has 0 unspecified atom stereocenters. The number of aliphatic hydroxyl groups is 1. The normalized spacial score (nSPS) is 10.2. The first kappa shape index (κ1) is 10.6. The van der Waals surface area contributed by atoms with Crippen molar-refractivity contribution in [2.24, 2.45) is 0 Å². The first-order chi connectivity index (χ1) is 4.91. The predicted octanol–water partition coefficient (Wildman–Crippen LogP) is 1.40. The average molecular weight is 182 g/mol. The maximum Gasteiger partial charge on any atom is 0.0564 e. The summed E-state index contributed by atoms with van der Waals surface area (Å²) in [5.41, 5.74) is 0. The van der Waals surface area contributed by atoms with Crippen LogP contribution in [0.5, 0.6) is 0 Å². The quantitative estimate of drug-likeness (QED) is 0.476. The molecule has 0 saturated carbocycles. The Bertz CT molecular complexity index is 53.7. The van der Waals surface area contributed by atoms with Crippen molar-refractivity contribution in [3.05, 3.63) is 0 Å². The molecule has 0 spiro atoms. The van der Waals surface area contributed by atoms with Gasteiger partial charge in [0.25, 0.3) is 0 Å². The van der Waals surface area contributed by atoms with E-state index in [0.29, 0.717) is 0 Å². The summed E-state index contributed by atoms with van der Waals surface area (Å²) in [5, 5.41) is 8.40. The maximum absolute atomic E-state index is 8.40. The average Bonchev–Trinajstić information content (AvgIpc) is 1.97. The smallest absolute Gasteiger partial charge is 0.0564 e. The standard InChI is InChI=1S/C6H14O2S2/c1-2-8-4-6-10-9-5-3-7/h7H,2-6H2,1H3. The Morgan fingerprint density at radius 3 is 2.60 bits per heavy atom. The predicted molar refractivity (Wildman–Crippen MR) is 48.5 cm³/mol. The molecule has 4 heteroatoms. The van der Waals surface area contributed by atoms with E-state index in [-0.39, 0.29) is 6.61 Å². The molecule has 0 aliphatic rings. The molecule has 0 atom stereocenters. The van der Waals surface area contributed by atoms with Crippen molar-refractivity contribution in [1.82, 2.24) is 0 Å². The van der Waals surface area contributed by atoms with Crippen LogP contribution in [-0.2, 0) is 4.74 Å². The highest BCUT2D eigenvalue weighted by atomic mass is 33.1. The van der Waals surface area contributed by atoms with Gasteiger partial charge in [-0.1, -0.05) is 21.6 Å². The molecule has 0 bridgehead atoms. The van der Waals surface area contributed by atoms with Crippen LogP contribution in [0.25, 0.3) is 0 Å². The Morgan fingerprint density at radius 2 is 2.00 bits per heavy atom. The fraction of sp³-hybridized carbons (Fsp3) is 1.00. The number of rotatable bonds is 7. The molecule has 0 amide bonds. The summed E-state index contributed by atoms with van der Waals surface area (Å²) in [6.07, 6.45) is 0. The van der Waals surface area contributed by atoms with E-state index in [1.54, 1.807) is 21.6 Å². The van der Waals surface area contributed by atoms with Gasteiger partial charge in [0.05, 0.1) is 13.2 Å². The van der Waals surface area contributed by atoms with Crippen LogP contribution in [0.4, 0.5) is 0 Å². The number of ether oxygens (including phenoxy) is 1. The van der Waals surface area contributed by atoms with Crippen LogP contribution >= 0.6 is 21.6 Å². The molecule has 0 radical (unpaired) electrons. The third kappa shape index (κ3) is 8.62. The van der Waals surface area contributed by atoms with Crippen molar-refractivity contribution in [2.75, 3.05) is 31.3 Å². The van der Waals surface area contributed by atoms with Crippen molar-refractivity contribution in [3.63, 3.8) is 0 Å². The highest BCUT2D eigenvalue weighted by Crippen LogP contribution is 2.19. The van der Waals surface area contributed by atoms with E-state index in [1.165, 1.54) is 0 Å². The molecule has 0 saturated heterocycles. The van der Waals surface area contributed by atoms with Crippen molar-refractivity contribution in [1.29, 1.82) is 0 Å². The Labute approximate surface area is 70.1 Å². The van der Waals surface area contributed by atoms with Gasteiger partial charge in [0.15, 0.2) is 0 Å². The third-order valence-electron chi connectivity index (χ3n) is 0.773. The molecule has 0 fully saturated rings. The van der Waals surface area contributed by atoms with E-state index in [4.69, 9.17) is 9.84 Å². The molecular formula is C6H14O2S2. The zero-order valence-corrected chi connectivity index (χ0v) is 7.84. The summed E-state index contributed by atoms with van der Waals surface area (Å²) in [6.45, 7) is 3.88. The van der Waals surface area contributed by atoms with Gasteiger partial charge >= 0.3 is 0 Å². The minimum absolute atomic E-state index is 0.270. The van der Waals surface area contributed by atoms with Crippen molar-refractivity contribution in [3.8, 4) is 0 Å². The lowest BCUT2D eigenvalue weighted by atomic mass is 10.8. The summed E-state index contributed by atoms with van der Waals surface area (Å²) in [4.78, 5) is 0. The molecule has 0 aromatic carbocycles. The van der Waals surface area contributed by atoms with Gasteiger partial charge < -0.3 is 9.84 Å². The van der Waals surface area contributed by atoms with E-state index in [1.807, 2.05) is 6.92 Å². The lowest BCUT2D eigenvalue weighted by Crippen LogP contribution is -1.95. The van der Waals surface area contributed by atoms with Crippen molar-refractivity contribution < 1.29 is 9.84 Å². The highest BCUT2D eigenvalue weighted by Gasteiger charge is 1.88. The zero-order valence-electron chi connectivity index (χ0n) is 6.21. The summed E-state index contributed by atoms with van der Waals surface area (Å²) < 4.78 is 5.12. The SMILES string of the molecule is CCOCCSSCCO. The first-order valence-electron chi connectivity index (χ1n) is 3.34. The van der Waals surface area contributed by atoms with Crippen LogP contribution < -0.4 is 0 Å². The summed E-state index contributed by atoms with van der Waals surface area (Å²) >= 11 is 0. The lowest BCUT2D eigenvalue weighted by Gasteiger charge is -1.98. The van der Waals surface area contributed by atoms with Gasteiger partial charge in [-0.3, -0.25) is 0 Å². The van der Waals surface area contributed by atoms with E-state index in [2.05, 4.69) is 0 Å². The first-order valence-corrected chi connectivity index (χ1v) is 5.83. The van der Waals surface area contributed by atoms with Gasteiger partial charge in [-0.25, -0.2) is 0 Å². The molecule has 0 aliphatic carbocycles. The Kier molecular flexibility index (Phi) is 10.2. The number of hydrogen-bond donors (Lipinski definition) is 1. The van der Waals surface area contributed by atoms with Gasteiger partial charge in [-0.2, -0.15) is 0 Å². The third-order valence-corrected chi connectivity index (χ3v) is 3.12. The van der Waals surface area contributed by atoms with Crippen molar-refractivity contribution in [2.45, 2.75) is 6.92 Å². The molecule has 0 heterocycles. The maximum atomic E-state index is 8.40. The summed E-state index contributed by atoms with van der Waals surface area (Å²) in [6, 6.07) is 0. The van der Waals surface area contributed by atoms with Crippen LogP contribution in [0.2, 0.25) is 0 Å². The van der Waals surface area contributed by atoms with Crippen LogP contribution in [0.1, 0.15) is 6.92 Å². The van der Waals surface area contributed by atoms with Crippen LogP contribution in [0.15, 0.2) is 0 Å². The fourth-order valence-corrected chi connectivity index (χ4v) is 2.02. The second kappa shape index (κ2) is 9.62. The van der Waals surface area contributed by atoms with E-state index in [0.717, 1.165) is 24.7 Å². The molecule has 2 nitrogen and oxygen atoms in total. The molecule has 0 rings (SSSR count). The van der Waals surface area contributed by atoms with Crippen molar-refractivity contribution >= 4 is 21.6 Å².